The maximum atomic E-state index is 0. The molecule has 0 aliphatic heterocycles. The van der Waals surface area contributed by atoms with Crippen molar-refractivity contribution in [3.05, 3.63) is 0 Å². The zero-order valence-electron chi connectivity index (χ0n) is 2.31. The summed E-state index contributed by atoms with van der Waals surface area (Å²) in [5.41, 5.74) is 0. The van der Waals surface area contributed by atoms with Crippen LogP contribution in [0.4, 0.5) is 0 Å². The standard InChI is InChI=1S/2Cu.S.Se.2V. The van der Waals surface area contributed by atoms with Crippen molar-refractivity contribution in [2.75, 3.05) is 0 Å². The van der Waals surface area contributed by atoms with Gasteiger partial charge in [-0.1, -0.05) is 0 Å². The fraction of sp³-hybridized carbons (Fsp3) is 0. The molecule has 0 nitrogen and oxygen atoms in total. The average molecular weight is 340 g/mol. The van der Waals surface area contributed by atoms with E-state index in [0.717, 1.165) is 0 Å². The first-order valence-electron chi connectivity index (χ1n) is 0. The predicted octanol–water partition coefficient (Wildman–Crippen LogP) is 0.257. The Kier molecular flexibility index (Phi) is 445. The summed E-state index contributed by atoms with van der Waals surface area (Å²) in [5.74, 6) is 0. The molecule has 44 valence electrons. The van der Waals surface area contributed by atoms with Crippen molar-refractivity contribution in [3.63, 3.8) is 0 Å². The topological polar surface area (TPSA) is 0 Å². The fourth-order valence-electron chi connectivity index (χ4n) is 0. The molecule has 0 heterocycles. The molecule has 0 amide bonds. The SMILES string of the molecule is [Cu].[Cu].[S].[Se].[V].[V]. The molecular weight excluding hydrogens is 340 g/mol. The van der Waals surface area contributed by atoms with Crippen LogP contribution in [0, 0.1) is 0 Å². The molecule has 0 aromatic rings. The molecule has 0 fully saturated rings. The third kappa shape index (κ3) is 27.6. The van der Waals surface area contributed by atoms with E-state index in [0.29, 0.717) is 0 Å². The van der Waals surface area contributed by atoms with Crippen molar-refractivity contribution in [1.29, 1.82) is 0 Å². The van der Waals surface area contributed by atoms with Gasteiger partial charge in [0.25, 0.3) is 0 Å². The van der Waals surface area contributed by atoms with Crippen molar-refractivity contribution < 1.29 is 71.2 Å². The molecule has 0 N–H and O–H groups in total. The normalized spacial score (nSPS) is 0. The second-order valence-electron chi connectivity index (χ2n) is 0. The van der Waals surface area contributed by atoms with Crippen LogP contribution >= 0.6 is 13.5 Å². The van der Waals surface area contributed by atoms with Crippen molar-refractivity contribution >= 4 is 30.6 Å². The van der Waals surface area contributed by atoms with Gasteiger partial charge in [-0.15, -0.1) is 0 Å². The Bertz CT molecular complexity index is 11.5. The summed E-state index contributed by atoms with van der Waals surface area (Å²) in [4.78, 5) is 0. The van der Waals surface area contributed by atoms with E-state index in [9.17, 15) is 0 Å². The summed E-state index contributed by atoms with van der Waals surface area (Å²) in [7, 11) is 0. The molecule has 0 atom stereocenters. The van der Waals surface area contributed by atoms with Crippen LogP contribution in [-0.2, 0) is 71.2 Å². The van der Waals surface area contributed by atoms with Crippen LogP contribution in [-0.4, -0.2) is 17.1 Å². The van der Waals surface area contributed by atoms with Gasteiger partial charge in [-0.2, -0.15) is 0 Å². The van der Waals surface area contributed by atoms with Crippen molar-refractivity contribution in [2.24, 2.45) is 0 Å². The predicted molar refractivity (Wildman–Crippen MR) is 13.3 cm³/mol. The monoisotopic (exact) mass is 340 g/mol. The van der Waals surface area contributed by atoms with Crippen LogP contribution in [0.5, 0.6) is 0 Å². The minimum Gasteiger partial charge on any atom is 0 e. The zero-order chi connectivity index (χ0) is 0. The van der Waals surface area contributed by atoms with E-state index in [1.165, 1.54) is 0 Å². The first-order chi connectivity index (χ1) is 0. The number of hydrogen-bond acceptors (Lipinski definition) is 0. The van der Waals surface area contributed by atoms with Gasteiger partial charge in [0.05, 0.1) is 0 Å². The van der Waals surface area contributed by atoms with Gasteiger partial charge in [-0.25, -0.2) is 0 Å². The maximum absolute atomic E-state index is 0. The Balaban J connectivity index is 0. The van der Waals surface area contributed by atoms with Crippen molar-refractivity contribution in [2.45, 2.75) is 0 Å². The Morgan fingerprint density at radius 3 is 0.667 bits per heavy atom. The minimum atomic E-state index is 0. The smallest absolute Gasteiger partial charge is 0 e. The van der Waals surface area contributed by atoms with E-state index in [1.54, 1.807) is 0 Å². The molecule has 0 aliphatic carbocycles. The van der Waals surface area contributed by atoms with Gasteiger partial charge >= 0.3 is 0 Å². The van der Waals surface area contributed by atoms with Crippen LogP contribution in [0.15, 0.2) is 0 Å². The third-order valence-electron chi connectivity index (χ3n) is 0. The Morgan fingerprint density at radius 1 is 0.667 bits per heavy atom. The summed E-state index contributed by atoms with van der Waals surface area (Å²) in [6.45, 7) is 0. The molecule has 0 saturated heterocycles. The summed E-state index contributed by atoms with van der Waals surface area (Å²) in [6, 6.07) is 0. The second kappa shape index (κ2) is 42.7. The van der Waals surface area contributed by atoms with Gasteiger partial charge in [-0.3, -0.25) is 0 Å². The van der Waals surface area contributed by atoms with Gasteiger partial charge in [0.2, 0.25) is 0 Å². The Labute approximate surface area is 100 Å². The third-order valence-corrected chi connectivity index (χ3v) is 0. The summed E-state index contributed by atoms with van der Waals surface area (Å²) >= 11 is 0. The van der Waals surface area contributed by atoms with Crippen LogP contribution < -0.4 is 0 Å². The molecule has 0 bridgehead atoms. The maximum Gasteiger partial charge on any atom is 0 e. The van der Waals surface area contributed by atoms with Crippen LogP contribution in [0.1, 0.15) is 0 Å². The van der Waals surface area contributed by atoms with Gasteiger partial charge in [0, 0.05) is 102 Å². The van der Waals surface area contributed by atoms with Gasteiger partial charge in [-0.05, 0) is 0 Å². The summed E-state index contributed by atoms with van der Waals surface area (Å²) < 4.78 is 0. The van der Waals surface area contributed by atoms with Gasteiger partial charge in [0.15, 0.2) is 0 Å². The van der Waals surface area contributed by atoms with Crippen LogP contribution in [0.3, 0.4) is 0 Å². The molecule has 0 unspecified atom stereocenters. The molecule has 0 aliphatic rings. The van der Waals surface area contributed by atoms with E-state index in [4.69, 9.17) is 0 Å². The Hall–Kier alpha value is 3.08. The quantitative estimate of drug-likeness (QED) is 0.555. The molecule has 0 saturated carbocycles. The molecule has 8 radical (unpaired) electrons. The fourth-order valence-corrected chi connectivity index (χ4v) is 0. The average Bonchev–Trinajstić information content (AvgIpc) is 0. The van der Waals surface area contributed by atoms with E-state index < -0.39 is 0 Å². The number of hydrogen-bond donors (Lipinski definition) is 0. The largest absolute Gasteiger partial charge is 0 e. The molecule has 0 aromatic carbocycles. The Morgan fingerprint density at radius 2 is 0.667 bits per heavy atom. The second-order valence-corrected chi connectivity index (χ2v) is 0. The molecular formula is Cu2SSeV2. The minimum absolute atomic E-state index is 0. The number of rotatable bonds is 0. The van der Waals surface area contributed by atoms with Crippen molar-refractivity contribution in [1.82, 2.24) is 0 Å². The van der Waals surface area contributed by atoms with Crippen LogP contribution in [0.25, 0.3) is 0 Å². The van der Waals surface area contributed by atoms with E-state index in [2.05, 4.69) is 0 Å². The van der Waals surface area contributed by atoms with Crippen molar-refractivity contribution in [3.8, 4) is 0 Å². The molecule has 6 heavy (non-hydrogen) atoms. The van der Waals surface area contributed by atoms with Gasteiger partial charge < -0.3 is 0 Å². The zero-order valence-corrected chi connectivity index (χ0v) is 9.52. The van der Waals surface area contributed by atoms with Gasteiger partial charge in [0.1, 0.15) is 0 Å². The molecule has 6 heteroatoms. The molecule has 0 rings (SSSR count). The van der Waals surface area contributed by atoms with Crippen LogP contribution in [0.2, 0.25) is 0 Å². The molecule has 0 aromatic heterocycles. The van der Waals surface area contributed by atoms with E-state index in [-0.39, 0.29) is 102 Å². The first kappa shape index (κ1) is 62.5. The molecule has 0 spiro atoms. The van der Waals surface area contributed by atoms with E-state index in [1.807, 2.05) is 0 Å². The first-order valence-corrected chi connectivity index (χ1v) is 0. The summed E-state index contributed by atoms with van der Waals surface area (Å²) in [6.07, 6.45) is 0. The van der Waals surface area contributed by atoms with E-state index >= 15 is 0 Å². The summed E-state index contributed by atoms with van der Waals surface area (Å²) in [5, 5.41) is 0.